The Morgan fingerprint density at radius 3 is 2.62 bits per heavy atom. The van der Waals surface area contributed by atoms with E-state index >= 15 is 0 Å². The number of anilines is 1. The van der Waals surface area contributed by atoms with Gasteiger partial charge in [0.15, 0.2) is 0 Å². The molecule has 1 heterocycles. The van der Waals surface area contributed by atoms with E-state index in [1.165, 1.54) is 6.42 Å². The number of rotatable bonds is 2. The van der Waals surface area contributed by atoms with Crippen LogP contribution in [0.4, 0.5) is 5.69 Å². The van der Waals surface area contributed by atoms with E-state index in [4.69, 9.17) is 10.5 Å². The van der Waals surface area contributed by atoms with Gasteiger partial charge in [-0.25, -0.2) is 4.68 Å². The first-order valence-electron chi connectivity index (χ1n) is 4.64. The maximum atomic E-state index is 5.82. The Morgan fingerprint density at radius 2 is 2.23 bits per heavy atom. The Labute approximate surface area is 77.7 Å². The predicted molar refractivity (Wildman–Crippen MR) is 50.6 cm³/mol. The Morgan fingerprint density at radius 1 is 1.54 bits per heavy atom. The van der Waals surface area contributed by atoms with E-state index in [1.807, 2.05) is 14.0 Å². The van der Waals surface area contributed by atoms with E-state index < -0.39 is 0 Å². The zero-order chi connectivity index (χ0) is 9.42. The largest absolute Gasteiger partial charge is 0.473 e. The van der Waals surface area contributed by atoms with Crippen LogP contribution < -0.4 is 10.5 Å². The van der Waals surface area contributed by atoms with E-state index in [1.54, 1.807) is 4.68 Å². The summed E-state index contributed by atoms with van der Waals surface area (Å²) in [6.07, 6.45) is 3.91. The van der Waals surface area contributed by atoms with E-state index in [2.05, 4.69) is 5.10 Å². The molecule has 4 heteroatoms. The van der Waals surface area contributed by atoms with Gasteiger partial charge in [0.2, 0.25) is 5.88 Å². The van der Waals surface area contributed by atoms with Gasteiger partial charge in [0, 0.05) is 7.05 Å². The lowest BCUT2D eigenvalue weighted by molar-refractivity contribution is 0.110. The van der Waals surface area contributed by atoms with Crippen molar-refractivity contribution in [3.63, 3.8) is 0 Å². The Bertz CT molecular complexity index is 315. The quantitative estimate of drug-likeness (QED) is 0.746. The number of nitrogens with zero attached hydrogens (tertiary/aromatic N) is 2. The van der Waals surface area contributed by atoms with Crippen molar-refractivity contribution in [1.29, 1.82) is 0 Å². The van der Waals surface area contributed by atoms with Gasteiger partial charge < -0.3 is 10.5 Å². The van der Waals surface area contributed by atoms with E-state index in [0.29, 0.717) is 11.8 Å². The lowest BCUT2D eigenvalue weighted by atomic mass is 9.96. The summed E-state index contributed by atoms with van der Waals surface area (Å²) in [6.45, 7) is 1.89. The maximum absolute atomic E-state index is 5.82. The van der Waals surface area contributed by atoms with Crippen molar-refractivity contribution in [2.45, 2.75) is 32.3 Å². The molecule has 2 rings (SSSR count). The van der Waals surface area contributed by atoms with Crippen LogP contribution in [0, 0.1) is 6.92 Å². The van der Waals surface area contributed by atoms with Crippen molar-refractivity contribution >= 4 is 5.69 Å². The highest BCUT2D eigenvalue weighted by Crippen LogP contribution is 2.30. The summed E-state index contributed by atoms with van der Waals surface area (Å²) in [4.78, 5) is 0. The van der Waals surface area contributed by atoms with Gasteiger partial charge in [-0.15, -0.1) is 0 Å². The van der Waals surface area contributed by atoms with Crippen LogP contribution in [0.1, 0.15) is 25.0 Å². The summed E-state index contributed by atoms with van der Waals surface area (Å²) in [7, 11) is 1.86. The third-order valence-electron chi connectivity index (χ3n) is 2.54. The van der Waals surface area contributed by atoms with Crippen LogP contribution in [-0.4, -0.2) is 15.9 Å². The molecule has 72 valence electrons. The number of aromatic nitrogens is 2. The van der Waals surface area contributed by atoms with Crippen LogP contribution >= 0.6 is 0 Å². The highest BCUT2D eigenvalue weighted by molar-refractivity contribution is 5.52. The standard InChI is InChI=1S/C9H15N3O/c1-6-8(10)9(12(2)11-6)13-7-4-3-5-7/h7H,3-5,10H2,1-2H3. The van der Waals surface area contributed by atoms with Gasteiger partial charge >= 0.3 is 0 Å². The molecule has 0 radical (unpaired) electrons. The first-order chi connectivity index (χ1) is 6.18. The second-order valence-electron chi connectivity index (χ2n) is 3.60. The average Bonchev–Trinajstić information content (AvgIpc) is 2.21. The van der Waals surface area contributed by atoms with E-state index in [-0.39, 0.29) is 0 Å². The fraction of sp³-hybridized carbons (Fsp3) is 0.667. The van der Waals surface area contributed by atoms with Crippen LogP contribution in [0.5, 0.6) is 5.88 Å². The molecule has 0 unspecified atom stereocenters. The molecule has 0 saturated heterocycles. The first-order valence-corrected chi connectivity index (χ1v) is 4.64. The van der Waals surface area contributed by atoms with Crippen LogP contribution in [0.3, 0.4) is 0 Å². The molecule has 0 atom stereocenters. The Kier molecular flexibility index (Phi) is 1.90. The first kappa shape index (κ1) is 8.41. The molecule has 4 nitrogen and oxygen atoms in total. The minimum Gasteiger partial charge on any atom is -0.473 e. The fourth-order valence-electron chi connectivity index (χ4n) is 1.44. The number of aryl methyl sites for hydroxylation is 2. The van der Waals surface area contributed by atoms with E-state index in [9.17, 15) is 0 Å². The van der Waals surface area contributed by atoms with Gasteiger partial charge in [0.25, 0.3) is 0 Å². The number of hydrogen-bond acceptors (Lipinski definition) is 3. The smallest absolute Gasteiger partial charge is 0.236 e. The molecule has 1 aromatic heterocycles. The molecule has 2 N–H and O–H groups in total. The van der Waals surface area contributed by atoms with Crippen molar-refractivity contribution in [3.05, 3.63) is 5.69 Å². The summed E-state index contributed by atoms with van der Waals surface area (Å²) in [6, 6.07) is 0. The number of ether oxygens (including phenoxy) is 1. The van der Waals surface area contributed by atoms with Crippen LogP contribution in [-0.2, 0) is 7.05 Å². The average molecular weight is 181 g/mol. The summed E-state index contributed by atoms with van der Waals surface area (Å²) in [5.41, 5.74) is 7.34. The number of nitrogens with two attached hydrogens (primary N) is 1. The molecule has 0 bridgehead atoms. The lowest BCUT2D eigenvalue weighted by Crippen LogP contribution is -2.25. The third kappa shape index (κ3) is 1.36. The van der Waals surface area contributed by atoms with Crippen molar-refractivity contribution in [2.24, 2.45) is 7.05 Å². The summed E-state index contributed by atoms with van der Waals surface area (Å²) in [5.74, 6) is 0.724. The molecule has 1 fully saturated rings. The molecular formula is C9H15N3O. The molecule has 0 spiro atoms. The van der Waals surface area contributed by atoms with Gasteiger partial charge in [0.1, 0.15) is 11.8 Å². The molecule has 0 aliphatic heterocycles. The second-order valence-corrected chi connectivity index (χ2v) is 3.60. The summed E-state index contributed by atoms with van der Waals surface area (Å²) >= 11 is 0. The molecule has 1 aliphatic rings. The van der Waals surface area contributed by atoms with Crippen molar-refractivity contribution in [1.82, 2.24) is 9.78 Å². The molecule has 13 heavy (non-hydrogen) atoms. The van der Waals surface area contributed by atoms with Crippen molar-refractivity contribution in [2.75, 3.05) is 5.73 Å². The minimum absolute atomic E-state index is 0.358. The summed E-state index contributed by atoms with van der Waals surface area (Å²) in [5, 5.41) is 4.19. The minimum atomic E-state index is 0.358. The molecular weight excluding hydrogens is 166 g/mol. The highest BCUT2D eigenvalue weighted by atomic mass is 16.5. The molecule has 1 aliphatic carbocycles. The number of hydrogen-bond donors (Lipinski definition) is 1. The fourth-order valence-corrected chi connectivity index (χ4v) is 1.44. The van der Waals surface area contributed by atoms with Gasteiger partial charge in [-0.3, -0.25) is 0 Å². The molecule has 1 aromatic rings. The van der Waals surface area contributed by atoms with Crippen LogP contribution in [0.25, 0.3) is 0 Å². The number of nitrogen functional groups attached to an aromatic ring is 1. The van der Waals surface area contributed by atoms with E-state index in [0.717, 1.165) is 24.4 Å². The Balaban J connectivity index is 2.17. The van der Waals surface area contributed by atoms with Crippen LogP contribution in [0.2, 0.25) is 0 Å². The molecule has 0 amide bonds. The second kappa shape index (κ2) is 2.94. The topological polar surface area (TPSA) is 53.1 Å². The predicted octanol–water partition coefficient (Wildman–Crippen LogP) is 1.24. The van der Waals surface area contributed by atoms with Crippen molar-refractivity contribution in [3.8, 4) is 5.88 Å². The van der Waals surface area contributed by atoms with Gasteiger partial charge in [-0.05, 0) is 26.2 Å². The maximum Gasteiger partial charge on any atom is 0.236 e. The van der Waals surface area contributed by atoms with Gasteiger partial charge in [-0.2, -0.15) is 5.10 Å². The zero-order valence-electron chi connectivity index (χ0n) is 8.08. The molecule has 1 saturated carbocycles. The van der Waals surface area contributed by atoms with Gasteiger partial charge in [-0.1, -0.05) is 0 Å². The zero-order valence-corrected chi connectivity index (χ0v) is 8.08. The van der Waals surface area contributed by atoms with Crippen molar-refractivity contribution < 1.29 is 4.74 Å². The monoisotopic (exact) mass is 181 g/mol. The lowest BCUT2D eigenvalue weighted by Gasteiger charge is -2.26. The Hall–Kier alpha value is -1.19. The SMILES string of the molecule is Cc1nn(C)c(OC2CCC2)c1N. The normalized spacial score (nSPS) is 17.1. The highest BCUT2D eigenvalue weighted by Gasteiger charge is 2.22. The third-order valence-corrected chi connectivity index (χ3v) is 2.54. The molecule has 0 aromatic carbocycles. The summed E-state index contributed by atoms with van der Waals surface area (Å²) < 4.78 is 7.42. The van der Waals surface area contributed by atoms with Gasteiger partial charge in [0.05, 0.1) is 5.69 Å². The van der Waals surface area contributed by atoms with Crippen LogP contribution in [0.15, 0.2) is 0 Å².